The molecule has 2 aliphatic rings. The average molecular weight is 761 g/mol. The number of para-hydroxylation sites is 2. The van der Waals surface area contributed by atoms with E-state index in [2.05, 4.69) is 183 Å². The van der Waals surface area contributed by atoms with Crippen LogP contribution in [0, 0.1) is 0 Å². The first kappa shape index (κ1) is 35.1. The molecule has 0 N–H and O–H groups in total. The van der Waals surface area contributed by atoms with Gasteiger partial charge in [0, 0.05) is 28.0 Å². The molecular formula is C54H41BN2O2. The lowest BCUT2D eigenvalue weighted by Crippen LogP contribution is -2.42. The normalized spacial score (nSPS) is 13.7. The highest BCUT2D eigenvalue weighted by atomic mass is 16.5. The number of hydrogen-bond acceptors (Lipinski definition) is 4. The summed E-state index contributed by atoms with van der Waals surface area (Å²) in [6.45, 7) is 5.66. The summed E-state index contributed by atoms with van der Waals surface area (Å²) in [6.07, 6.45) is 0.900. The van der Waals surface area contributed by atoms with E-state index >= 15 is 0 Å². The molecule has 0 saturated heterocycles. The van der Waals surface area contributed by atoms with Crippen molar-refractivity contribution in [1.82, 2.24) is 4.98 Å². The molecule has 4 nitrogen and oxygen atoms in total. The molecule has 0 radical (unpaired) electrons. The minimum absolute atomic E-state index is 0.239. The van der Waals surface area contributed by atoms with Crippen molar-refractivity contribution in [3.63, 3.8) is 0 Å². The van der Waals surface area contributed by atoms with Gasteiger partial charge in [0.2, 0.25) is 12.6 Å². The van der Waals surface area contributed by atoms with Crippen molar-refractivity contribution in [2.24, 2.45) is 0 Å². The first-order valence-corrected chi connectivity index (χ1v) is 20.5. The molecule has 0 spiro atoms. The van der Waals surface area contributed by atoms with Crippen LogP contribution in [0.2, 0.25) is 0 Å². The summed E-state index contributed by atoms with van der Waals surface area (Å²) in [7, 11) is 0. The predicted molar refractivity (Wildman–Crippen MR) is 244 cm³/mol. The number of nitrogens with zero attached hydrogens (tertiary/aromatic N) is 2. The number of oxazole rings is 1. The second kappa shape index (κ2) is 14.1. The summed E-state index contributed by atoms with van der Waals surface area (Å²) < 4.78 is 12.9. The number of rotatable bonds is 7. The van der Waals surface area contributed by atoms with E-state index in [1.807, 2.05) is 24.3 Å². The lowest BCUT2D eigenvalue weighted by Gasteiger charge is -2.30. The van der Waals surface area contributed by atoms with Gasteiger partial charge in [-0.25, -0.2) is 4.98 Å². The summed E-state index contributed by atoms with van der Waals surface area (Å²) >= 11 is 0. The standard InChI is InChI=1S/C54H41BN2O2/c1-54(2)47-23-10-9-21-44(47)52-45(43-22-14-26-50-46(43)34-55(35-58-50)39-18-7-4-8-19-39)32-42(33-48(52)54)57(40-29-27-37(28-30-40)36-15-5-3-6-16-36)41-20-13-17-38(31-41)53-56-49-24-11-12-25-51(49)59-53/h3-33H,34-35H2,1-2H3. The Labute approximate surface area is 345 Å². The van der Waals surface area contributed by atoms with E-state index in [0.717, 1.165) is 45.8 Å². The van der Waals surface area contributed by atoms with Crippen LogP contribution >= 0.6 is 0 Å². The Hall–Kier alpha value is -7.11. The molecule has 0 unspecified atom stereocenters. The van der Waals surface area contributed by atoms with Crippen LogP contribution in [0.25, 0.3) is 55.9 Å². The maximum atomic E-state index is 6.60. The fourth-order valence-corrected chi connectivity index (χ4v) is 9.40. The van der Waals surface area contributed by atoms with E-state index in [0.29, 0.717) is 12.4 Å². The predicted octanol–water partition coefficient (Wildman–Crippen LogP) is 13.0. The van der Waals surface area contributed by atoms with Crippen molar-refractivity contribution in [1.29, 1.82) is 0 Å². The van der Waals surface area contributed by atoms with E-state index in [4.69, 9.17) is 14.1 Å². The van der Waals surface area contributed by atoms with Gasteiger partial charge >= 0.3 is 0 Å². The summed E-state index contributed by atoms with van der Waals surface area (Å²) in [4.78, 5) is 7.28. The summed E-state index contributed by atoms with van der Waals surface area (Å²) in [6, 6.07) is 67.2. The van der Waals surface area contributed by atoms with Crippen LogP contribution in [0.5, 0.6) is 5.75 Å². The molecular weight excluding hydrogens is 719 g/mol. The zero-order valence-electron chi connectivity index (χ0n) is 33.1. The molecule has 1 aromatic heterocycles. The van der Waals surface area contributed by atoms with Crippen LogP contribution in [-0.2, 0) is 11.7 Å². The SMILES string of the molecule is CC1(C)c2ccccc2-c2c(-c3cccc4c3CB(c3ccccc3)CO4)cc(N(c3ccc(-c4ccccc4)cc3)c3cccc(-c4nc5ccccc5o4)c3)cc21. The van der Waals surface area contributed by atoms with Crippen LogP contribution in [0.15, 0.2) is 192 Å². The van der Waals surface area contributed by atoms with E-state index in [9.17, 15) is 0 Å². The highest BCUT2D eigenvalue weighted by Gasteiger charge is 2.39. The molecule has 11 rings (SSSR count). The fourth-order valence-electron chi connectivity index (χ4n) is 9.40. The summed E-state index contributed by atoms with van der Waals surface area (Å²) in [5, 5.41) is 0. The largest absolute Gasteiger partial charge is 0.501 e. The molecule has 0 atom stereocenters. The van der Waals surface area contributed by atoms with Gasteiger partial charge in [-0.15, -0.1) is 0 Å². The van der Waals surface area contributed by atoms with Gasteiger partial charge in [0.1, 0.15) is 11.3 Å². The van der Waals surface area contributed by atoms with Gasteiger partial charge in [0.05, 0.1) is 6.51 Å². The van der Waals surface area contributed by atoms with Crippen LogP contribution in [-0.4, -0.2) is 18.2 Å². The Kier molecular flexibility index (Phi) is 8.37. The first-order valence-electron chi connectivity index (χ1n) is 20.5. The Morgan fingerprint density at radius 2 is 1.24 bits per heavy atom. The zero-order valence-corrected chi connectivity index (χ0v) is 33.1. The lowest BCUT2D eigenvalue weighted by atomic mass is 9.41. The van der Waals surface area contributed by atoms with Crippen molar-refractivity contribution in [2.75, 3.05) is 11.4 Å². The number of hydrogen-bond donors (Lipinski definition) is 0. The molecule has 0 bridgehead atoms. The molecule has 1 aliphatic carbocycles. The van der Waals surface area contributed by atoms with Crippen LogP contribution in [0.4, 0.5) is 17.1 Å². The number of ether oxygens (including phenoxy) is 1. The molecule has 8 aromatic carbocycles. The maximum Gasteiger partial charge on any atom is 0.227 e. The van der Waals surface area contributed by atoms with E-state index in [1.165, 1.54) is 55.5 Å². The van der Waals surface area contributed by atoms with Gasteiger partial charge in [0.15, 0.2) is 5.58 Å². The Bertz CT molecular complexity index is 2980. The minimum atomic E-state index is -0.239. The van der Waals surface area contributed by atoms with Crippen molar-refractivity contribution in [2.45, 2.75) is 25.6 Å². The van der Waals surface area contributed by atoms with Gasteiger partial charge in [0.25, 0.3) is 0 Å². The maximum absolute atomic E-state index is 6.60. The molecule has 0 saturated carbocycles. The Morgan fingerprint density at radius 1 is 0.542 bits per heavy atom. The number of benzene rings is 8. The topological polar surface area (TPSA) is 38.5 Å². The third kappa shape index (κ3) is 6.04. The monoisotopic (exact) mass is 760 g/mol. The van der Waals surface area contributed by atoms with Gasteiger partial charge in [-0.05, 0) is 117 Å². The number of anilines is 3. The second-order valence-corrected chi connectivity index (χ2v) is 16.3. The van der Waals surface area contributed by atoms with Crippen molar-refractivity contribution >= 4 is 40.3 Å². The van der Waals surface area contributed by atoms with E-state index in [-0.39, 0.29) is 12.1 Å². The van der Waals surface area contributed by atoms with E-state index in [1.54, 1.807) is 0 Å². The molecule has 59 heavy (non-hydrogen) atoms. The van der Waals surface area contributed by atoms with Gasteiger partial charge in [-0.1, -0.05) is 147 Å². The quantitative estimate of drug-likeness (QED) is 0.152. The molecule has 0 fully saturated rings. The zero-order chi connectivity index (χ0) is 39.5. The highest BCUT2D eigenvalue weighted by Crippen LogP contribution is 2.55. The van der Waals surface area contributed by atoms with Crippen molar-refractivity contribution in [3.05, 3.63) is 205 Å². The molecule has 5 heteroatoms. The third-order valence-corrected chi connectivity index (χ3v) is 12.4. The van der Waals surface area contributed by atoms with Crippen LogP contribution in [0.1, 0.15) is 30.5 Å². The highest BCUT2D eigenvalue weighted by molar-refractivity contribution is 6.73. The summed E-state index contributed by atoms with van der Waals surface area (Å²) in [5.74, 6) is 1.57. The summed E-state index contributed by atoms with van der Waals surface area (Å²) in [5.41, 5.74) is 18.0. The smallest absolute Gasteiger partial charge is 0.227 e. The van der Waals surface area contributed by atoms with Crippen LogP contribution < -0.4 is 15.1 Å². The van der Waals surface area contributed by atoms with E-state index < -0.39 is 0 Å². The third-order valence-electron chi connectivity index (χ3n) is 12.4. The Morgan fingerprint density at radius 3 is 2.07 bits per heavy atom. The molecule has 2 heterocycles. The second-order valence-electron chi connectivity index (χ2n) is 16.3. The molecule has 1 aliphatic heterocycles. The first-order chi connectivity index (χ1) is 29.0. The molecule has 0 amide bonds. The fraction of sp³-hybridized carbons (Fsp3) is 0.0926. The van der Waals surface area contributed by atoms with Gasteiger partial charge in [-0.2, -0.15) is 0 Å². The molecule has 282 valence electrons. The number of fused-ring (bicyclic) bond motifs is 5. The average Bonchev–Trinajstić information content (AvgIpc) is 3.83. The number of aromatic nitrogens is 1. The van der Waals surface area contributed by atoms with Gasteiger partial charge in [-0.3, -0.25) is 0 Å². The Balaban J connectivity index is 1.13. The lowest BCUT2D eigenvalue weighted by molar-refractivity contribution is 0.370. The van der Waals surface area contributed by atoms with Gasteiger partial charge < -0.3 is 14.1 Å². The minimum Gasteiger partial charge on any atom is -0.501 e. The molecule has 9 aromatic rings. The van der Waals surface area contributed by atoms with Crippen molar-refractivity contribution < 1.29 is 9.15 Å². The van der Waals surface area contributed by atoms with Crippen LogP contribution in [0.3, 0.4) is 0 Å². The van der Waals surface area contributed by atoms with Crippen molar-refractivity contribution in [3.8, 4) is 50.6 Å².